The third kappa shape index (κ3) is 4.18. The predicted octanol–water partition coefficient (Wildman–Crippen LogP) is 3.16. The summed E-state index contributed by atoms with van der Waals surface area (Å²) in [4.78, 5) is 4.26. The molecule has 0 amide bonds. The van der Waals surface area contributed by atoms with E-state index in [1.54, 1.807) is 6.07 Å². The predicted molar refractivity (Wildman–Crippen MR) is 82.2 cm³/mol. The Labute approximate surface area is 127 Å². The van der Waals surface area contributed by atoms with Crippen LogP contribution in [0.15, 0.2) is 6.07 Å². The Hall–Kier alpha value is -0.620. The third-order valence-corrected chi connectivity index (χ3v) is 3.77. The molecular formula is C12H15Cl2N3OS. The smallest absolute Gasteiger partial charge is 0.172 e. The highest BCUT2D eigenvalue weighted by molar-refractivity contribution is 7.80. The van der Waals surface area contributed by atoms with Crippen molar-refractivity contribution in [3.05, 3.63) is 21.8 Å². The second kappa shape index (κ2) is 6.70. The van der Waals surface area contributed by atoms with Crippen molar-refractivity contribution in [2.75, 3.05) is 18.5 Å². The highest BCUT2D eigenvalue weighted by Gasteiger charge is 2.15. The minimum Gasteiger partial charge on any atom is -0.376 e. The van der Waals surface area contributed by atoms with Gasteiger partial charge < -0.3 is 15.4 Å². The Kier molecular flexibility index (Phi) is 5.21. The molecule has 0 unspecified atom stereocenters. The molecule has 7 heteroatoms. The van der Waals surface area contributed by atoms with E-state index in [1.807, 2.05) is 6.92 Å². The molecule has 2 N–H and O–H groups in total. The lowest BCUT2D eigenvalue weighted by Crippen LogP contribution is -2.35. The Morgan fingerprint density at radius 2 is 2.32 bits per heavy atom. The molecule has 1 atom stereocenters. The van der Waals surface area contributed by atoms with Gasteiger partial charge in [0.1, 0.15) is 0 Å². The number of thiocarbonyl (C=S) groups is 1. The van der Waals surface area contributed by atoms with Gasteiger partial charge in [-0.25, -0.2) is 4.98 Å². The number of pyridine rings is 1. The average Bonchev–Trinajstić information content (AvgIpc) is 2.86. The van der Waals surface area contributed by atoms with Crippen LogP contribution in [0.4, 0.5) is 5.82 Å². The zero-order valence-electron chi connectivity index (χ0n) is 10.5. The van der Waals surface area contributed by atoms with Crippen LogP contribution in [0.25, 0.3) is 0 Å². The number of ether oxygens (including phenoxy) is 1. The molecule has 1 saturated heterocycles. The maximum atomic E-state index is 6.05. The molecule has 1 aromatic heterocycles. The molecule has 0 aromatic carbocycles. The number of halogens is 2. The maximum absolute atomic E-state index is 6.05. The van der Waals surface area contributed by atoms with Crippen LogP contribution >= 0.6 is 35.4 Å². The number of nitrogens with one attached hydrogen (secondary N) is 2. The molecule has 0 radical (unpaired) electrons. The highest BCUT2D eigenvalue weighted by atomic mass is 35.5. The first kappa shape index (κ1) is 14.8. The summed E-state index contributed by atoms with van der Waals surface area (Å²) in [6.45, 7) is 3.33. The summed E-state index contributed by atoms with van der Waals surface area (Å²) in [6, 6.07) is 1.65. The summed E-state index contributed by atoms with van der Waals surface area (Å²) in [5.74, 6) is 0.508. The zero-order valence-corrected chi connectivity index (χ0v) is 12.8. The Bertz CT molecular complexity index is 478. The quantitative estimate of drug-likeness (QED) is 0.838. The molecule has 4 nitrogen and oxygen atoms in total. The van der Waals surface area contributed by atoms with E-state index >= 15 is 0 Å². The van der Waals surface area contributed by atoms with Crippen molar-refractivity contribution in [2.45, 2.75) is 25.9 Å². The van der Waals surface area contributed by atoms with Crippen LogP contribution in [0.2, 0.25) is 10.0 Å². The van der Waals surface area contributed by atoms with Crippen molar-refractivity contribution in [3.8, 4) is 0 Å². The van der Waals surface area contributed by atoms with Gasteiger partial charge >= 0.3 is 0 Å². The summed E-state index contributed by atoms with van der Waals surface area (Å²) in [5, 5.41) is 7.52. The molecule has 0 saturated carbocycles. The first-order chi connectivity index (χ1) is 9.06. The van der Waals surface area contributed by atoms with E-state index in [9.17, 15) is 0 Å². The van der Waals surface area contributed by atoms with Crippen LogP contribution in [0.3, 0.4) is 0 Å². The number of aryl methyl sites for hydroxylation is 1. The molecule has 104 valence electrons. The number of hydrogen-bond acceptors (Lipinski definition) is 3. The highest BCUT2D eigenvalue weighted by Crippen LogP contribution is 2.25. The van der Waals surface area contributed by atoms with Crippen LogP contribution in [0.1, 0.15) is 18.5 Å². The fraction of sp³-hybridized carbons (Fsp3) is 0.500. The van der Waals surface area contributed by atoms with Crippen molar-refractivity contribution in [1.29, 1.82) is 0 Å². The topological polar surface area (TPSA) is 46.2 Å². The lowest BCUT2D eigenvalue weighted by molar-refractivity contribution is 0.114. The van der Waals surface area contributed by atoms with Gasteiger partial charge in [-0.2, -0.15) is 0 Å². The van der Waals surface area contributed by atoms with Crippen molar-refractivity contribution in [3.63, 3.8) is 0 Å². The van der Waals surface area contributed by atoms with E-state index < -0.39 is 0 Å². The second-order valence-corrected chi connectivity index (χ2v) is 5.58. The van der Waals surface area contributed by atoms with Gasteiger partial charge in [0.2, 0.25) is 0 Å². The fourth-order valence-corrected chi connectivity index (χ4v) is 2.40. The molecule has 2 heterocycles. The monoisotopic (exact) mass is 319 g/mol. The van der Waals surface area contributed by atoms with Crippen LogP contribution in [0.5, 0.6) is 0 Å². The Morgan fingerprint density at radius 1 is 1.53 bits per heavy atom. The zero-order chi connectivity index (χ0) is 13.8. The van der Waals surface area contributed by atoms with Gasteiger partial charge in [-0.15, -0.1) is 0 Å². The molecule has 1 aliphatic heterocycles. The van der Waals surface area contributed by atoms with Gasteiger partial charge in [-0.3, -0.25) is 0 Å². The molecule has 1 fully saturated rings. The summed E-state index contributed by atoms with van der Waals surface area (Å²) in [5.41, 5.74) is 0.704. The van der Waals surface area contributed by atoms with E-state index in [0.29, 0.717) is 33.2 Å². The molecule has 19 heavy (non-hydrogen) atoms. The Morgan fingerprint density at radius 3 is 3.00 bits per heavy atom. The molecule has 2 rings (SSSR count). The van der Waals surface area contributed by atoms with Gasteiger partial charge in [0.15, 0.2) is 10.9 Å². The van der Waals surface area contributed by atoms with E-state index in [-0.39, 0.29) is 6.10 Å². The molecule has 1 aliphatic rings. The van der Waals surface area contributed by atoms with E-state index in [2.05, 4.69) is 15.6 Å². The van der Waals surface area contributed by atoms with E-state index in [4.69, 9.17) is 40.2 Å². The van der Waals surface area contributed by atoms with Crippen molar-refractivity contribution in [1.82, 2.24) is 10.3 Å². The van der Waals surface area contributed by atoms with E-state index in [0.717, 1.165) is 19.4 Å². The normalized spacial score (nSPS) is 18.4. The summed E-state index contributed by atoms with van der Waals surface area (Å²) in [6.07, 6.45) is 2.40. The van der Waals surface area contributed by atoms with Gasteiger partial charge in [0.25, 0.3) is 0 Å². The van der Waals surface area contributed by atoms with Crippen LogP contribution in [-0.2, 0) is 4.74 Å². The van der Waals surface area contributed by atoms with Gasteiger partial charge in [-0.1, -0.05) is 23.2 Å². The van der Waals surface area contributed by atoms with Crippen LogP contribution in [0, 0.1) is 6.92 Å². The summed E-state index contributed by atoms with van der Waals surface area (Å²) < 4.78 is 5.50. The molecule has 0 aliphatic carbocycles. The molecule has 1 aromatic rings. The van der Waals surface area contributed by atoms with Crippen LogP contribution < -0.4 is 10.6 Å². The van der Waals surface area contributed by atoms with Crippen LogP contribution in [-0.4, -0.2) is 29.4 Å². The van der Waals surface area contributed by atoms with Gasteiger partial charge in [0, 0.05) is 13.2 Å². The van der Waals surface area contributed by atoms with Crippen molar-refractivity contribution < 1.29 is 4.74 Å². The number of rotatable bonds is 3. The fourth-order valence-electron chi connectivity index (χ4n) is 1.81. The lowest BCUT2D eigenvalue weighted by Gasteiger charge is -2.14. The third-order valence-electron chi connectivity index (χ3n) is 2.85. The number of anilines is 1. The standard InChI is InChI=1S/C12H15Cl2N3OS/c1-7-9(13)5-10(14)11(16-7)17-12(19)15-6-8-3-2-4-18-8/h5,8H,2-4,6H2,1H3,(H2,15,16,17,19)/t8-/m1/s1. The second-order valence-electron chi connectivity index (χ2n) is 4.36. The average molecular weight is 320 g/mol. The van der Waals surface area contributed by atoms with Gasteiger partial charge in [-0.05, 0) is 38.0 Å². The molecule has 0 bridgehead atoms. The summed E-state index contributed by atoms with van der Waals surface area (Å²) >= 11 is 17.2. The number of aromatic nitrogens is 1. The first-order valence-electron chi connectivity index (χ1n) is 6.05. The van der Waals surface area contributed by atoms with Crippen molar-refractivity contribution >= 4 is 46.4 Å². The maximum Gasteiger partial charge on any atom is 0.172 e. The minimum atomic E-state index is 0.232. The molecule has 0 spiro atoms. The minimum absolute atomic E-state index is 0.232. The van der Waals surface area contributed by atoms with E-state index in [1.165, 1.54) is 0 Å². The molecular weight excluding hydrogens is 305 g/mol. The summed E-state index contributed by atoms with van der Waals surface area (Å²) in [7, 11) is 0. The number of nitrogens with zero attached hydrogens (tertiary/aromatic N) is 1. The largest absolute Gasteiger partial charge is 0.376 e. The van der Waals surface area contributed by atoms with Gasteiger partial charge in [0.05, 0.1) is 21.8 Å². The first-order valence-corrected chi connectivity index (χ1v) is 7.22. The number of hydrogen-bond donors (Lipinski definition) is 2. The van der Waals surface area contributed by atoms with Crippen molar-refractivity contribution in [2.24, 2.45) is 0 Å². The Balaban J connectivity index is 1.89. The lowest BCUT2D eigenvalue weighted by atomic mass is 10.2. The SMILES string of the molecule is Cc1nc(NC(=S)NC[C@H]2CCCO2)c(Cl)cc1Cl.